The maximum absolute atomic E-state index is 12.4. The number of methoxy groups -OCH3 is 1. The van der Waals surface area contributed by atoms with Gasteiger partial charge in [-0.05, 0) is 43.3 Å². The van der Waals surface area contributed by atoms with Crippen LogP contribution in [0.15, 0.2) is 23.3 Å². The van der Waals surface area contributed by atoms with Gasteiger partial charge in [0.25, 0.3) is 5.91 Å². The molecule has 0 radical (unpaired) electrons. The SMILES string of the molecule is COCCCNC(=O)N1CCC2=CC(C(=O)NOC3CCCCO3)CC=C2C1. The number of fused-ring (bicyclic) bond motifs is 1. The summed E-state index contributed by atoms with van der Waals surface area (Å²) in [5, 5.41) is 2.93. The fourth-order valence-electron chi connectivity index (χ4n) is 3.65. The quantitative estimate of drug-likeness (QED) is 0.509. The van der Waals surface area contributed by atoms with Crippen LogP contribution in [0.1, 0.15) is 38.5 Å². The van der Waals surface area contributed by atoms with Crippen LogP contribution >= 0.6 is 0 Å². The molecule has 2 heterocycles. The Morgan fingerprint density at radius 3 is 3.00 bits per heavy atom. The standard InChI is InChI=1S/C20H31N3O5/c1-26-11-4-9-21-20(25)23-10-8-15-13-16(6-7-17(15)14-23)19(24)22-28-18-5-2-3-12-27-18/h7,13,16,18H,2-6,8-12,14H2,1H3,(H,21,25)(H,22,24). The van der Waals surface area contributed by atoms with Gasteiger partial charge < -0.3 is 19.7 Å². The van der Waals surface area contributed by atoms with Gasteiger partial charge in [0.1, 0.15) is 0 Å². The maximum atomic E-state index is 12.4. The first-order valence-corrected chi connectivity index (χ1v) is 10.2. The highest BCUT2D eigenvalue weighted by atomic mass is 16.8. The van der Waals surface area contributed by atoms with Crippen LogP contribution in [-0.2, 0) is 19.1 Å². The molecule has 2 unspecified atom stereocenters. The highest BCUT2D eigenvalue weighted by molar-refractivity contribution is 5.81. The monoisotopic (exact) mass is 393 g/mol. The third-order valence-corrected chi connectivity index (χ3v) is 5.30. The van der Waals surface area contributed by atoms with E-state index in [0.29, 0.717) is 39.3 Å². The van der Waals surface area contributed by atoms with E-state index in [4.69, 9.17) is 14.3 Å². The Hall–Kier alpha value is -1.90. The molecule has 0 saturated carbocycles. The third kappa shape index (κ3) is 5.80. The largest absolute Gasteiger partial charge is 0.385 e. The number of hydrogen-bond acceptors (Lipinski definition) is 5. The molecule has 2 atom stereocenters. The molecule has 3 aliphatic rings. The minimum Gasteiger partial charge on any atom is -0.385 e. The highest BCUT2D eigenvalue weighted by Crippen LogP contribution is 2.30. The van der Waals surface area contributed by atoms with Crippen molar-refractivity contribution in [3.8, 4) is 0 Å². The number of allylic oxidation sites excluding steroid dienone is 1. The van der Waals surface area contributed by atoms with Crippen molar-refractivity contribution in [2.75, 3.05) is 40.0 Å². The van der Waals surface area contributed by atoms with Crippen molar-refractivity contribution in [1.29, 1.82) is 0 Å². The lowest BCUT2D eigenvalue weighted by Crippen LogP contribution is -2.45. The second-order valence-electron chi connectivity index (χ2n) is 7.39. The second-order valence-corrected chi connectivity index (χ2v) is 7.39. The van der Waals surface area contributed by atoms with Gasteiger partial charge in [0.05, 0.1) is 5.92 Å². The fraction of sp³-hybridized carbons (Fsp3) is 0.700. The molecule has 2 N–H and O–H groups in total. The van der Waals surface area contributed by atoms with Gasteiger partial charge in [0, 0.05) is 46.4 Å². The maximum Gasteiger partial charge on any atom is 0.317 e. The molecule has 0 aromatic rings. The van der Waals surface area contributed by atoms with E-state index < -0.39 is 0 Å². The minimum absolute atomic E-state index is 0.0446. The van der Waals surface area contributed by atoms with Crippen LogP contribution in [0.4, 0.5) is 4.79 Å². The molecule has 3 amide bonds. The Bertz CT molecular complexity index is 613. The fourth-order valence-corrected chi connectivity index (χ4v) is 3.65. The topological polar surface area (TPSA) is 89.1 Å². The Kier molecular flexibility index (Phi) is 7.88. The number of piperidine rings is 1. The number of urea groups is 1. The summed E-state index contributed by atoms with van der Waals surface area (Å²) >= 11 is 0. The normalized spacial score (nSPS) is 24.7. The number of hydroxylamine groups is 1. The van der Waals surface area contributed by atoms with Gasteiger partial charge in [-0.15, -0.1) is 0 Å². The predicted octanol–water partition coefficient (Wildman–Crippen LogP) is 1.89. The predicted molar refractivity (Wildman–Crippen MR) is 103 cm³/mol. The average Bonchev–Trinajstić information content (AvgIpc) is 2.75. The summed E-state index contributed by atoms with van der Waals surface area (Å²) in [6.07, 6.45) is 8.81. The molecule has 0 aromatic heterocycles. The second kappa shape index (κ2) is 10.6. The first kappa shape index (κ1) is 20.8. The summed E-state index contributed by atoms with van der Waals surface area (Å²) in [6, 6.07) is -0.0446. The lowest BCUT2D eigenvalue weighted by Gasteiger charge is -2.33. The first-order valence-electron chi connectivity index (χ1n) is 10.2. The number of nitrogens with zero attached hydrogens (tertiary/aromatic N) is 1. The number of hydrogen-bond donors (Lipinski definition) is 2. The summed E-state index contributed by atoms with van der Waals surface area (Å²) in [5.41, 5.74) is 4.85. The number of carbonyl (C=O) groups excluding carboxylic acids is 2. The van der Waals surface area contributed by atoms with Gasteiger partial charge in [0.2, 0.25) is 0 Å². The van der Waals surface area contributed by atoms with Crippen molar-refractivity contribution < 1.29 is 23.9 Å². The molecule has 0 spiro atoms. The molecule has 2 fully saturated rings. The van der Waals surface area contributed by atoms with Crippen LogP contribution in [0.25, 0.3) is 0 Å². The van der Waals surface area contributed by atoms with Crippen molar-refractivity contribution >= 4 is 11.9 Å². The van der Waals surface area contributed by atoms with Crippen molar-refractivity contribution in [3.63, 3.8) is 0 Å². The van der Waals surface area contributed by atoms with E-state index in [1.54, 1.807) is 7.11 Å². The van der Waals surface area contributed by atoms with Crippen molar-refractivity contribution in [2.24, 2.45) is 5.92 Å². The molecule has 28 heavy (non-hydrogen) atoms. The molecule has 0 aromatic carbocycles. The zero-order valence-corrected chi connectivity index (χ0v) is 16.6. The van der Waals surface area contributed by atoms with E-state index in [1.165, 1.54) is 0 Å². The molecule has 1 aliphatic carbocycles. The number of amides is 3. The van der Waals surface area contributed by atoms with Crippen LogP contribution in [0.5, 0.6) is 0 Å². The Balaban J connectivity index is 1.43. The van der Waals surface area contributed by atoms with Gasteiger partial charge in [-0.1, -0.05) is 12.2 Å². The van der Waals surface area contributed by atoms with E-state index in [2.05, 4.69) is 16.9 Å². The molecule has 2 aliphatic heterocycles. The number of ether oxygens (including phenoxy) is 2. The summed E-state index contributed by atoms with van der Waals surface area (Å²) in [7, 11) is 1.65. The van der Waals surface area contributed by atoms with Crippen LogP contribution < -0.4 is 10.8 Å². The van der Waals surface area contributed by atoms with Crippen LogP contribution in [0.3, 0.4) is 0 Å². The van der Waals surface area contributed by atoms with Gasteiger partial charge in [0.15, 0.2) is 6.29 Å². The Labute approximate surface area is 166 Å². The minimum atomic E-state index is -0.342. The molecular weight excluding hydrogens is 362 g/mol. The van der Waals surface area contributed by atoms with E-state index in [1.807, 2.05) is 11.0 Å². The van der Waals surface area contributed by atoms with Crippen molar-refractivity contribution in [3.05, 3.63) is 23.3 Å². The van der Waals surface area contributed by atoms with Crippen molar-refractivity contribution in [2.45, 2.75) is 44.8 Å². The van der Waals surface area contributed by atoms with Gasteiger partial charge in [-0.25, -0.2) is 15.1 Å². The summed E-state index contributed by atoms with van der Waals surface area (Å²) in [6.45, 7) is 3.16. The summed E-state index contributed by atoms with van der Waals surface area (Å²) in [4.78, 5) is 31.9. The van der Waals surface area contributed by atoms with E-state index in [-0.39, 0.29) is 24.1 Å². The zero-order valence-electron chi connectivity index (χ0n) is 16.6. The first-order chi connectivity index (χ1) is 13.7. The molecule has 0 bridgehead atoms. The number of rotatable bonds is 7. The van der Waals surface area contributed by atoms with Crippen LogP contribution in [0.2, 0.25) is 0 Å². The van der Waals surface area contributed by atoms with Gasteiger partial charge in [-0.2, -0.15) is 0 Å². The average molecular weight is 393 g/mol. The molecule has 8 heteroatoms. The smallest absolute Gasteiger partial charge is 0.317 e. The number of carbonyl (C=O) groups is 2. The Morgan fingerprint density at radius 2 is 2.21 bits per heavy atom. The molecule has 8 nitrogen and oxygen atoms in total. The third-order valence-electron chi connectivity index (χ3n) is 5.30. The van der Waals surface area contributed by atoms with Crippen LogP contribution in [-0.4, -0.2) is 63.1 Å². The molecular formula is C20H31N3O5. The van der Waals surface area contributed by atoms with Gasteiger partial charge >= 0.3 is 6.03 Å². The highest BCUT2D eigenvalue weighted by Gasteiger charge is 2.28. The molecule has 3 rings (SSSR count). The molecule has 156 valence electrons. The summed E-state index contributed by atoms with van der Waals surface area (Å²) < 4.78 is 10.5. The number of nitrogens with one attached hydrogen (secondary N) is 2. The van der Waals surface area contributed by atoms with Gasteiger partial charge in [-0.3, -0.25) is 4.79 Å². The van der Waals surface area contributed by atoms with Crippen molar-refractivity contribution in [1.82, 2.24) is 15.7 Å². The van der Waals surface area contributed by atoms with E-state index in [0.717, 1.165) is 43.3 Å². The zero-order chi connectivity index (χ0) is 19.8. The Morgan fingerprint density at radius 1 is 1.32 bits per heavy atom. The molecule has 2 saturated heterocycles. The van der Waals surface area contributed by atoms with E-state index >= 15 is 0 Å². The summed E-state index contributed by atoms with van der Waals surface area (Å²) in [5.74, 6) is -0.382. The van der Waals surface area contributed by atoms with Crippen LogP contribution in [0, 0.1) is 5.92 Å². The number of likely N-dealkylation sites (tertiary alicyclic amines) is 1. The lowest BCUT2D eigenvalue weighted by molar-refractivity contribution is -0.201. The lowest BCUT2D eigenvalue weighted by atomic mass is 9.86. The van der Waals surface area contributed by atoms with E-state index in [9.17, 15) is 9.59 Å².